The van der Waals surface area contributed by atoms with Crippen molar-refractivity contribution >= 4 is 17.3 Å². The van der Waals surface area contributed by atoms with Crippen molar-refractivity contribution in [1.82, 2.24) is 0 Å². The van der Waals surface area contributed by atoms with Crippen molar-refractivity contribution in [3.05, 3.63) is 33.6 Å². The second-order valence-electron chi connectivity index (χ2n) is 4.96. The number of nitro groups is 1. The van der Waals surface area contributed by atoms with Crippen LogP contribution >= 0.6 is 0 Å². The molecule has 0 amide bonds. The lowest BCUT2D eigenvalue weighted by Crippen LogP contribution is -2.33. The molecule has 0 heterocycles. The molecule has 0 aromatic heterocycles. The highest BCUT2D eigenvalue weighted by molar-refractivity contribution is 5.90. The van der Waals surface area contributed by atoms with E-state index in [1.165, 1.54) is 0 Å². The number of carboxylic acid groups (broad SMARTS) is 1. The smallest absolute Gasteiger partial charge is 0.338 e. The lowest BCUT2D eigenvalue weighted by Gasteiger charge is -2.25. The fraction of sp³-hybridized carbons (Fsp3) is 0.462. The molecule has 1 rings (SSSR count). The molecule has 0 spiro atoms. The number of aromatic carboxylic acids is 1. The Balaban J connectivity index is 3.09. The maximum absolute atomic E-state index is 13.6. The summed E-state index contributed by atoms with van der Waals surface area (Å²) in [5, 5.41) is 22.5. The van der Waals surface area contributed by atoms with Crippen LogP contribution in [0.15, 0.2) is 12.1 Å². The van der Waals surface area contributed by atoms with Crippen LogP contribution in [0.2, 0.25) is 0 Å². The van der Waals surface area contributed by atoms with E-state index in [0.29, 0.717) is 12.7 Å². The van der Waals surface area contributed by atoms with Crippen LogP contribution in [0.5, 0.6) is 0 Å². The topological polar surface area (TPSA) is 102 Å². The number of nitrogens with one attached hydrogen (secondary N) is 1. The van der Waals surface area contributed by atoms with Crippen LogP contribution in [0.1, 0.15) is 31.1 Å². The minimum absolute atomic E-state index is 0.0877. The molecule has 0 aliphatic heterocycles. The van der Waals surface area contributed by atoms with Crippen LogP contribution in [-0.2, 0) is 4.74 Å². The third-order valence-electron chi connectivity index (χ3n) is 2.75. The highest BCUT2D eigenvalue weighted by atomic mass is 19.1. The van der Waals surface area contributed by atoms with E-state index in [-0.39, 0.29) is 12.2 Å². The van der Waals surface area contributed by atoms with Gasteiger partial charge in [-0.15, -0.1) is 0 Å². The molecule has 0 bridgehead atoms. The molecule has 0 atom stereocenters. The minimum Gasteiger partial charge on any atom is -0.478 e. The number of ether oxygens (including phenoxy) is 1. The van der Waals surface area contributed by atoms with E-state index >= 15 is 0 Å². The van der Waals surface area contributed by atoms with Crippen LogP contribution in [0, 0.1) is 15.9 Å². The van der Waals surface area contributed by atoms with E-state index in [9.17, 15) is 19.3 Å². The van der Waals surface area contributed by atoms with Crippen molar-refractivity contribution in [3.8, 4) is 0 Å². The Bertz CT molecular complexity index is 560. The molecule has 0 fully saturated rings. The third kappa shape index (κ3) is 4.38. The van der Waals surface area contributed by atoms with Gasteiger partial charge in [-0.25, -0.2) is 9.18 Å². The summed E-state index contributed by atoms with van der Waals surface area (Å²) in [4.78, 5) is 21.0. The van der Waals surface area contributed by atoms with Crippen LogP contribution in [-0.4, -0.2) is 34.8 Å². The molecule has 7 nitrogen and oxygen atoms in total. The second-order valence-corrected chi connectivity index (χ2v) is 4.96. The minimum atomic E-state index is -1.56. The van der Waals surface area contributed by atoms with Crippen molar-refractivity contribution in [2.24, 2.45) is 0 Å². The summed E-state index contributed by atoms with van der Waals surface area (Å²) in [5.41, 5.74) is -1.93. The maximum Gasteiger partial charge on any atom is 0.338 e. The Morgan fingerprint density at radius 3 is 2.62 bits per heavy atom. The number of rotatable bonds is 7. The van der Waals surface area contributed by atoms with Gasteiger partial charge in [-0.2, -0.15) is 0 Å². The lowest BCUT2D eigenvalue weighted by atomic mass is 10.1. The predicted molar refractivity (Wildman–Crippen MR) is 74.2 cm³/mol. The van der Waals surface area contributed by atoms with Gasteiger partial charge in [-0.1, -0.05) is 0 Å². The SMILES string of the molecule is CCOC(C)(C)CNc1cc(F)c(C(=O)O)cc1[N+](=O)[O-]. The Hall–Kier alpha value is -2.22. The Morgan fingerprint density at radius 1 is 1.52 bits per heavy atom. The monoisotopic (exact) mass is 300 g/mol. The third-order valence-corrected chi connectivity index (χ3v) is 2.75. The number of halogens is 1. The first-order valence-electron chi connectivity index (χ1n) is 6.27. The number of carboxylic acids is 1. The van der Waals surface area contributed by atoms with Crippen LogP contribution in [0.4, 0.5) is 15.8 Å². The summed E-state index contributed by atoms with van der Waals surface area (Å²) in [6, 6.07) is 1.51. The van der Waals surface area contributed by atoms with E-state index in [4.69, 9.17) is 9.84 Å². The molecular formula is C13H17FN2O5. The summed E-state index contributed by atoms with van der Waals surface area (Å²) >= 11 is 0. The number of nitro benzene ring substituents is 1. The van der Waals surface area contributed by atoms with Gasteiger partial charge >= 0.3 is 5.97 Å². The fourth-order valence-electron chi connectivity index (χ4n) is 1.77. The number of hydrogen-bond donors (Lipinski definition) is 2. The number of carbonyl (C=O) groups is 1. The maximum atomic E-state index is 13.6. The van der Waals surface area contributed by atoms with Crippen molar-refractivity contribution in [3.63, 3.8) is 0 Å². The van der Waals surface area contributed by atoms with Gasteiger partial charge in [0, 0.05) is 25.3 Å². The zero-order valence-electron chi connectivity index (χ0n) is 12.0. The van der Waals surface area contributed by atoms with E-state index in [1.807, 2.05) is 6.92 Å². The summed E-state index contributed by atoms with van der Waals surface area (Å²) in [7, 11) is 0. The molecule has 0 unspecified atom stereocenters. The molecule has 116 valence electrons. The zero-order chi connectivity index (χ0) is 16.2. The van der Waals surface area contributed by atoms with Gasteiger partial charge in [-0.3, -0.25) is 10.1 Å². The van der Waals surface area contributed by atoms with Gasteiger partial charge in [0.15, 0.2) is 0 Å². The molecule has 0 radical (unpaired) electrons. The van der Waals surface area contributed by atoms with Gasteiger partial charge in [0.05, 0.1) is 10.5 Å². The Labute approximate surface area is 120 Å². The van der Waals surface area contributed by atoms with Crippen molar-refractivity contribution in [2.75, 3.05) is 18.5 Å². The highest BCUT2D eigenvalue weighted by Crippen LogP contribution is 2.28. The second kappa shape index (κ2) is 6.49. The van der Waals surface area contributed by atoms with Gasteiger partial charge < -0.3 is 15.2 Å². The number of nitrogens with zero attached hydrogens (tertiary/aromatic N) is 1. The van der Waals surface area contributed by atoms with Crippen LogP contribution in [0.3, 0.4) is 0 Å². The fourth-order valence-corrected chi connectivity index (χ4v) is 1.77. The highest BCUT2D eigenvalue weighted by Gasteiger charge is 2.24. The average molecular weight is 300 g/mol. The van der Waals surface area contributed by atoms with Crippen LogP contribution in [0.25, 0.3) is 0 Å². The zero-order valence-corrected chi connectivity index (χ0v) is 12.0. The van der Waals surface area contributed by atoms with E-state index in [0.717, 1.165) is 6.07 Å². The summed E-state index contributed by atoms with van der Waals surface area (Å²) < 4.78 is 19.1. The molecule has 1 aromatic rings. The van der Waals surface area contributed by atoms with Crippen molar-refractivity contribution < 1.29 is 24.0 Å². The standard InChI is InChI=1S/C13H17FN2O5/c1-4-21-13(2,3)7-15-10-6-9(14)8(12(17)18)5-11(10)16(19)20/h5-6,15H,4,7H2,1-3H3,(H,17,18). The normalized spacial score (nSPS) is 11.2. The first-order chi connectivity index (χ1) is 9.68. The Morgan fingerprint density at radius 2 is 2.14 bits per heavy atom. The molecule has 0 aliphatic carbocycles. The molecule has 0 aliphatic rings. The summed E-state index contributed by atoms with van der Waals surface area (Å²) in [6.45, 7) is 6.02. The lowest BCUT2D eigenvalue weighted by molar-refractivity contribution is -0.384. The average Bonchev–Trinajstić information content (AvgIpc) is 2.35. The quantitative estimate of drug-likeness (QED) is 0.593. The molecule has 0 saturated carbocycles. The summed E-state index contributed by atoms with van der Waals surface area (Å²) in [6.07, 6.45) is 0. The van der Waals surface area contributed by atoms with Gasteiger partial charge in [-0.05, 0) is 20.8 Å². The van der Waals surface area contributed by atoms with Crippen molar-refractivity contribution in [2.45, 2.75) is 26.4 Å². The summed E-state index contributed by atoms with van der Waals surface area (Å²) in [5.74, 6) is -2.60. The number of benzene rings is 1. The van der Waals surface area contributed by atoms with E-state index in [2.05, 4.69) is 5.32 Å². The van der Waals surface area contributed by atoms with Gasteiger partial charge in [0.25, 0.3) is 5.69 Å². The molecule has 1 aromatic carbocycles. The molecule has 0 saturated heterocycles. The largest absolute Gasteiger partial charge is 0.478 e. The first kappa shape index (κ1) is 16.8. The first-order valence-corrected chi connectivity index (χ1v) is 6.27. The molecule has 21 heavy (non-hydrogen) atoms. The van der Waals surface area contributed by atoms with Gasteiger partial charge in [0.1, 0.15) is 17.1 Å². The number of hydrogen-bond acceptors (Lipinski definition) is 5. The van der Waals surface area contributed by atoms with Gasteiger partial charge in [0.2, 0.25) is 0 Å². The number of anilines is 1. The van der Waals surface area contributed by atoms with Crippen molar-refractivity contribution in [1.29, 1.82) is 0 Å². The van der Waals surface area contributed by atoms with E-state index in [1.54, 1.807) is 13.8 Å². The predicted octanol–water partition coefficient (Wildman–Crippen LogP) is 2.66. The Kier molecular flexibility index (Phi) is 5.20. The van der Waals surface area contributed by atoms with E-state index < -0.39 is 33.6 Å². The molecule has 2 N–H and O–H groups in total. The molecule has 8 heteroatoms. The molecular weight excluding hydrogens is 283 g/mol. The van der Waals surface area contributed by atoms with Crippen LogP contribution < -0.4 is 5.32 Å².